The van der Waals surface area contributed by atoms with E-state index >= 15 is 0 Å². The summed E-state index contributed by atoms with van der Waals surface area (Å²) >= 11 is 0. The van der Waals surface area contributed by atoms with E-state index in [9.17, 15) is 19.2 Å². The van der Waals surface area contributed by atoms with E-state index in [1.54, 1.807) is 12.1 Å². The molecule has 0 heterocycles. The zero-order valence-corrected chi connectivity index (χ0v) is 15.6. The first-order valence-corrected chi connectivity index (χ1v) is 9.51. The molecule has 0 aromatic heterocycles. The molecule has 140 valence electrons. The average molecular weight is 388 g/mol. The first-order valence-electron chi connectivity index (χ1n) is 9.51. The molecule has 0 aliphatic heterocycles. The third kappa shape index (κ3) is 2.22. The predicted molar refractivity (Wildman–Crippen MR) is 121 cm³/mol. The Morgan fingerprint density at radius 3 is 1.00 bits per heavy atom. The molecule has 0 aliphatic carbocycles. The SMILES string of the molecule is O=c1c(=O)c(=O)c2cc3cc4cc5cc6ccccc6cc5cc4cc3cc2c1=O. The summed E-state index contributed by atoms with van der Waals surface area (Å²) in [5.74, 6) is 0. The van der Waals surface area contributed by atoms with Crippen LogP contribution in [0.5, 0.6) is 0 Å². The van der Waals surface area contributed by atoms with Crippen molar-refractivity contribution in [2.75, 3.05) is 0 Å². The highest BCUT2D eigenvalue weighted by Crippen LogP contribution is 2.30. The van der Waals surface area contributed by atoms with Gasteiger partial charge in [0.1, 0.15) is 0 Å². The van der Waals surface area contributed by atoms with Crippen molar-refractivity contribution in [2.45, 2.75) is 0 Å². The second kappa shape index (κ2) is 5.67. The molecule has 0 atom stereocenters. The van der Waals surface area contributed by atoms with Crippen LogP contribution in [0.4, 0.5) is 0 Å². The van der Waals surface area contributed by atoms with E-state index in [1.165, 1.54) is 0 Å². The van der Waals surface area contributed by atoms with Gasteiger partial charge in [-0.1, -0.05) is 24.3 Å². The Morgan fingerprint density at radius 1 is 0.333 bits per heavy atom. The van der Waals surface area contributed by atoms with Crippen LogP contribution in [0.25, 0.3) is 53.9 Å². The van der Waals surface area contributed by atoms with Gasteiger partial charge in [-0.05, 0) is 91.6 Å². The molecule has 0 radical (unpaired) electrons. The minimum atomic E-state index is -1.26. The van der Waals surface area contributed by atoms with Gasteiger partial charge in [0.15, 0.2) is 0 Å². The van der Waals surface area contributed by atoms with Gasteiger partial charge in [0.25, 0.3) is 10.9 Å². The van der Waals surface area contributed by atoms with Gasteiger partial charge in [0.2, 0.25) is 10.9 Å². The van der Waals surface area contributed by atoms with Gasteiger partial charge in [0.05, 0.1) is 0 Å². The van der Waals surface area contributed by atoms with Crippen LogP contribution in [0.1, 0.15) is 0 Å². The largest absolute Gasteiger partial charge is 0.285 e. The molecular weight excluding hydrogens is 376 g/mol. The molecule has 0 N–H and O–H groups in total. The van der Waals surface area contributed by atoms with Crippen molar-refractivity contribution < 1.29 is 0 Å². The zero-order valence-electron chi connectivity index (χ0n) is 15.6. The van der Waals surface area contributed by atoms with Crippen LogP contribution in [0.15, 0.2) is 92.0 Å². The number of hydrogen-bond donors (Lipinski definition) is 0. The fraction of sp³-hybridized carbons (Fsp3) is 0. The van der Waals surface area contributed by atoms with E-state index in [-0.39, 0.29) is 10.8 Å². The minimum absolute atomic E-state index is 0.00299. The highest BCUT2D eigenvalue weighted by atomic mass is 16.2. The zero-order chi connectivity index (χ0) is 20.6. The Balaban J connectivity index is 1.75. The Labute approximate surface area is 167 Å². The lowest BCUT2D eigenvalue weighted by Gasteiger charge is -2.08. The van der Waals surface area contributed by atoms with E-state index in [0.29, 0.717) is 0 Å². The Morgan fingerprint density at radius 2 is 0.633 bits per heavy atom. The summed E-state index contributed by atoms with van der Waals surface area (Å²) in [6.07, 6.45) is 0. The van der Waals surface area contributed by atoms with E-state index in [2.05, 4.69) is 36.4 Å². The van der Waals surface area contributed by atoms with Crippen molar-refractivity contribution in [3.8, 4) is 0 Å². The molecule has 30 heavy (non-hydrogen) atoms. The topological polar surface area (TPSA) is 68.3 Å². The van der Waals surface area contributed by atoms with Crippen molar-refractivity contribution in [1.82, 2.24) is 0 Å². The molecule has 0 aliphatic rings. The smallest absolute Gasteiger partial charge is 0.277 e. The van der Waals surface area contributed by atoms with E-state index < -0.39 is 21.7 Å². The first-order chi connectivity index (χ1) is 14.5. The number of fused-ring (bicyclic) bond motifs is 5. The van der Waals surface area contributed by atoms with E-state index in [1.807, 2.05) is 24.3 Å². The highest BCUT2D eigenvalue weighted by molar-refractivity contribution is 6.10. The van der Waals surface area contributed by atoms with E-state index in [4.69, 9.17) is 0 Å². The maximum atomic E-state index is 12.3. The van der Waals surface area contributed by atoms with Crippen molar-refractivity contribution in [1.29, 1.82) is 0 Å². The summed E-state index contributed by atoms with van der Waals surface area (Å²) in [6.45, 7) is 0. The Kier molecular flexibility index (Phi) is 3.17. The highest BCUT2D eigenvalue weighted by Gasteiger charge is 2.14. The monoisotopic (exact) mass is 388 g/mol. The maximum Gasteiger partial charge on any atom is 0.277 e. The quantitative estimate of drug-likeness (QED) is 0.293. The third-order valence-corrected chi connectivity index (χ3v) is 5.86. The second-order valence-electron chi connectivity index (χ2n) is 7.66. The molecule has 6 rings (SSSR count). The van der Waals surface area contributed by atoms with Crippen LogP contribution in [-0.2, 0) is 0 Å². The first kappa shape index (κ1) is 16.7. The molecule has 0 saturated heterocycles. The summed E-state index contributed by atoms with van der Waals surface area (Å²) in [6, 6.07) is 23.6. The van der Waals surface area contributed by atoms with Crippen LogP contribution >= 0.6 is 0 Å². The Hall–Kier alpha value is -4.18. The number of rotatable bonds is 0. The van der Waals surface area contributed by atoms with Crippen LogP contribution in [0.3, 0.4) is 0 Å². The minimum Gasteiger partial charge on any atom is -0.285 e. The van der Waals surface area contributed by atoms with Gasteiger partial charge in [0, 0.05) is 10.8 Å². The van der Waals surface area contributed by atoms with Crippen molar-refractivity contribution >= 4 is 53.9 Å². The van der Waals surface area contributed by atoms with E-state index in [0.717, 1.165) is 43.1 Å². The van der Waals surface area contributed by atoms with Crippen molar-refractivity contribution in [3.05, 3.63) is 114 Å². The molecule has 6 aromatic rings. The van der Waals surface area contributed by atoms with Crippen LogP contribution in [-0.4, -0.2) is 0 Å². The predicted octanol–water partition coefficient (Wildman–Crippen LogP) is 3.77. The normalized spacial score (nSPS) is 11.9. The molecule has 0 amide bonds. The molecule has 0 unspecified atom stereocenters. The standard InChI is InChI=1S/C26H12O4/c27-23-21-11-19-9-17-7-15-5-13-3-1-2-4-14(13)6-16(15)8-18(17)10-20(19)12-22(21)24(28)26(30)25(23)29/h1-12H. The lowest BCUT2D eigenvalue weighted by Crippen LogP contribution is -2.46. The molecule has 4 nitrogen and oxygen atoms in total. The summed E-state index contributed by atoms with van der Waals surface area (Å²) in [7, 11) is 0. The molecule has 6 aromatic carbocycles. The summed E-state index contributed by atoms with van der Waals surface area (Å²) in [4.78, 5) is 48.1. The van der Waals surface area contributed by atoms with Crippen LogP contribution in [0.2, 0.25) is 0 Å². The molecule has 0 spiro atoms. The van der Waals surface area contributed by atoms with Gasteiger partial charge in [-0.15, -0.1) is 0 Å². The molecule has 0 fully saturated rings. The van der Waals surface area contributed by atoms with Crippen molar-refractivity contribution in [2.24, 2.45) is 0 Å². The number of hydrogen-bond acceptors (Lipinski definition) is 4. The average Bonchev–Trinajstić information content (AvgIpc) is 2.76. The fourth-order valence-electron chi connectivity index (χ4n) is 4.32. The second-order valence-corrected chi connectivity index (χ2v) is 7.66. The summed E-state index contributed by atoms with van der Waals surface area (Å²) in [5.41, 5.74) is -4.35. The molecule has 0 saturated carbocycles. The lowest BCUT2D eigenvalue weighted by molar-refractivity contribution is 1.40. The molecule has 4 heteroatoms. The van der Waals surface area contributed by atoms with Gasteiger partial charge in [-0.25, -0.2) is 0 Å². The maximum absolute atomic E-state index is 12.3. The summed E-state index contributed by atoms with van der Waals surface area (Å²) < 4.78 is 0. The lowest BCUT2D eigenvalue weighted by atomic mass is 9.96. The van der Waals surface area contributed by atoms with Gasteiger partial charge in [-0.2, -0.15) is 0 Å². The van der Waals surface area contributed by atoms with Crippen molar-refractivity contribution in [3.63, 3.8) is 0 Å². The van der Waals surface area contributed by atoms with Gasteiger partial charge >= 0.3 is 0 Å². The fourth-order valence-corrected chi connectivity index (χ4v) is 4.32. The molecular formula is C26H12O4. The third-order valence-electron chi connectivity index (χ3n) is 5.86. The van der Waals surface area contributed by atoms with Gasteiger partial charge in [-0.3, -0.25) is 19.2 Å². The number of benzene rings is 6. The molecule has 0 bridgehead atoms. The summed E-state index contributed by atoms with van der Waals surface area (Å²) in [5, 5.41) is 7.99. The Bertz CT molecular complexity index is 1780. The van der Waals surface area contributed by atoms with Crippen LogP contribution < -0.4 is 21.7 Å². The van der Waals surface area contributed by atoms with Crippen LogP contribution in [0, 0.1) is 0 Å². The van der Waals surface area contributed by atoms with Gasteiger partial charge < -0.3 is 0 Å².